The van der Waals surface area contributed by atoms with Gasteiger partial charge < -0.3 is 14.4 Å². The summed E-state index contributed by atoms with van der Waals surface area (Å²) in [4.78, 5) is 15.2. The molecule has 1 amide bonds. The summed E-state index contributed by atoms with van der Waals surface area (Å²) in [6.45, 7) is 6.29. The normalized spacial score (nSPS) is 18.7. The van der Waals surface area contributed by atoms with Crippen molar-refractivity contribution in [2.24, 2.45) is 0 Å². The Bertz CT molecular complexity index is 1070. The summed E-state index contributed by atoms with van der Waals surface area (Å²) < 4.78 is 35.4. The first-order valence-corrected chi connectivity index (χ1v) is 12.1. The molecule has 1 unspecified atom stereocenters. The van der Waals surface area contributed by atoms with Crippen LogP contribution in [0.1, 0.15) is 53.2 Å². The smallest absolute Gasteiger partial charge is 0.258 e. The molecule has 0 bridgehead atoms. The predicted molar refractivity (Wildman–Crippen MR) is 114 cm³/mol. The Morgan fingerprint density at radius 2 is 1.90 bits per heavy atom. The molecule has 7 heteroatoms. The summed E-state index contributed by atoms with van der Waals surface area (Å²) in [6, 6.07) is 10.9. The van der Waals surface area contributed by atoms with Gasteiger partial charge in [0.05, 0.1) is 23.2 Å². The summed E-state index contributed by atoms with van der Waals surface area (Å²) in [5.74, 6) is 0.595. The van der Waals surface area contributed by atoms with Gasteiger partial charge in [-0.2, -0.15) is 0 Å². The van der Waals surface area contributed by atoms with Gasteiger partial charge in [-0.25, -0.2) is 8.42 Å². The van der Waals surface area contributed by atoms with E-state index in [2.05, 4.69) is 18.2 Å². The highest BCUT2D eigenvalue weighted by atomic mass is 32.2. The third-order valence-corrected chi connectivity index (χ3v) is 6.72. The molecule has 1 atom stereocenters. The van der Waals surface area contributed by atoms with E-state index in [0.717, 1.165) is 37.0 Å². The first kappa shape index (κ1) is 20.9. The van der Waals surface area contributed by atoms with Crippen LogP contribution in [0.5, 0.6) is 5.75 Å². The second-order valence-corrected chi connectivity index (χ2v) is 10.4. The molecule has 0 spiro atoms. The number of carbonyl (C=O) groups excluding carboxylic acids is 1. The van der Waals surface area contributed by atoms with Crippen LogP contribution in [-0.2, 0) is 27.7 Å². The molecule has 2 aliphatic rings. The SMILES string of the molecule is CC(C)Oc1ccc(S(C)(=O)=O)cc1C(=O)N1Cc2ccc(C3CCOC3)cc2C1. The molecule has 4 rings (SSSR count). The van der Waals surface area contributed by atoms with Gasteiger partial charge in [0.1, 0.15) is 5.75 Å². The number of sulfone groups is 1. The summed E-state index contributed by atoms with van der Waals surface area (Å²) in [6.07, 6.45) is 2.03. The predicted octanol–water partition coefficient (Wildman–Crippen LogP) is 3.54. The van der Waals surface area contributed by atoms with Crippen LogP contribution in [0.4, 0.5) is 0 Å². The minimum Gasteiger partial charge on any atom is -0.490 e. The first-order valence-electron chi connectivity index (χ1n) is 10.2. The Labute approximate surface area is 177 Å². The van der Waals surface area contributed by atoms with E-state index < -0.39 is 9.84 Å². The van der Waals surface area contributed by atoms with E-state index in [9.17, 15) is 13.2 Å². The summed E-state index contributed by atoms with van der Waals surface area (Å²) >= 11 is 0. The number of nitrogens with zero attached hydrogens (tertiary/aromatic N) is 1. The lowest BCUT2D eigenvalue weighted by atomic mass is 9.95. The zero-order valence-electron chi connectivity index (χ0n) is 17.6. The number of hydrogen-bond donors (Lipinski definition) is 0. The van der Waals surface area contributed by atoms with Crippen LogP contribution < -0.4 is 4.74 Å². The van der Waals surface area contributed by atoms with Gasteiger partial charge in [0.2, 0.25) is 0 Å². The average Bonchev–Trinajstić information content (AvgIpc) is 3.35. The fourth-order valence-electron chi connectivity index (χ4n) is 4.04. The van der Waals surface area contributed by atoms with Gasteiger partial charge in [0.25, 0.3) is 5.91 Å². The zero-order valence-corrected chi connectivity index (χ0v) is 18.4. The molecule has 160 valence electrons. The number of hydrogen-bond acceptors (Lipinski definition) is 5. The van der Waals surface area contributed by atoms with E-state index in [1.807, 2.05) is 13.8 Å². The summed E-state index contributed by atoms with van der Waals surface area (Å²) in [5, 5.41) is 0. The fraction of sp³-hybridized carbons (Fsp3) is 0.435. The van der Waals surface area contributed by atoms with Gasteiger partial charge in [-0.1, -0.05) is 18.2 Å². The van der Waals surface area contributed by atoms with Crippen LogP contribution in [0, 0.1) is 0 Å². The Hall–Kier alpha value is -2.38. The van der Waals surface area contributed by atoms with Crippen LogP contribution >= 0.6 is 0 Å². The summed E-state index contributed by atoms with van der Waals surface area (Å²) in [5.41, 5.74) is 3.79. The van der Waals surface area contributed by atoms with Crippen LogP contribution in [-0.4, -0.2) is 44.8 Å². The van der Waals surface area contributed by atoms with Crippen LogP contribution in [0.25, 0.3) is 0 Å². The lowest BCUT2D eigenvalue weighted by molar-refractivity contribution is 0.0745. The molecule has 2 aromatic carbocycles. The minimum absolute atomic E-state index is 0.113. The van der Waals surface area contributed by atoms with Crippen LogP contribution in [0.3, 0.4) is 0 Å². The van der Waals surface area contributed by atoms with Crippen molar-refractivity contribution in [2.75, 3.05) is 19.5 Å². The molecular formula is C23H27NO5S. The van der Waals surface area contributed by atoms with Gasteiger partial charge in [-0.15, -0.1) is 0 Å². The third-order valence-electron chi connectivity index (χ3n) is 5.61. The van der Waals surface area contributed by atoms with Crippen molar-refractivity contribution in [3.05, 3.63) is 58.7 Å². The maximum absolute atomic E-state index is 13.4. The van der Waals surface area contributed by atoms with Gasteiger partial charge >= 0.3 is 0 Å². The zero-order chi connectivity index (χ0) is 21.5. The Morgan fingerprint density at radius 3 is 2.57 bits per heavy atom. The average molecular weight is 430 g/mol. The molecule has 0 radical (unpaired) electrons. The van der Waals surface area contributed by atoms with Crippen molar-refractivity contribution < 1.29 is 22.7 Å². The van der Waals surface area contributed by atoms with E-state index >= 15 is 0 Å². The molecule has 2 heterocycles. The number of amides is 1. The van der Waals surface area contributed by atoms with Gasteiger partial charge in [0, 0.05) is 31.9 Å². The van der Waals surface area contributed by atoms with E-state index in [0.29, 0.717) is 24.8 Å². The molecule has 30 heavy (non-hydrogen) atoms. The molecule has 0 N–H and O–H groups in total. The first-order chi connectivity index (χ1) is 14.2. The van der Waals surface area contributed by atoms with Crippen molar-refractivity contribution >= 4 is 15.7 Å². The largest absolute Gasteiger partial charge is 0.490 e. The van der Waals surface area contributed by atoms with E-state index in [1.54, 1.807) is 11.0 Å². The number of benzene rings is 2. The van der Waals surface area contributed by atoms with Crippen LogP contribution in [0.15, 0.2) is 41.3 Å². The van der Waals surface area contributed by atoms with E-state index in [4.69, 9.17) is 9.47 Å². The maximum atomic E-state index is 13.4. The molecule has 2 aromatic rings. The molecule has 1 fully saturated rings. The topological polar surface area (TPSA) is 72.9 Å². The number of fused-ring (bicyclic) bond motifs is 1. The van der Waals surface area contributed by atoms with Crippen molar-refractivity contribution in [2.45, 2.75) is 50.3 Å². The second-order valence-electron chi connectivity index (χ2n) is 8.35. The molecule has 1 saturated heterocycles. The van der Waals surface area contributed by atoms with E-state index in [-0.39, 0.29) is 22.5 Å². The molecular weight excluding hydrogens is 402 g/mol. The molecule has 6 nitrogen and oxygen atoms in total. The minimum atomic E-state index is -3.43. The van der Waals surface area contributed by atoms with Gasteiger partial charge in [-0.3, -0.25) is 4.79 Å². The highest BCUT2D eigenvalue weighted by Crippen LogP contribution is 2.33. The Morgan fingerprint density at radius 1 is 1.13 bits per heavy atom. The number of carbonyl (C=O) groups is 1. The van der Waals surface area contributed by atoms with Crippen molar-refractivity contribution in [1.29, 1.82) is 0 Å². The highest BCUT2D eigenvalue weighted by Gasteiger charge is 2.29. The van der Waals surface area contributed by atoms with Crippen molar-refractivity contribution in [1.82, 2.24) is 4.90 Å². The van der Waals surface area contributed by atoms with Gasteiger partial charge in [0.15, 0.2) is 9.84 Å². The molecule has 0 aliphatic carbocycles. The maximum Gasteiger partial charge on any atom is 0.258 e. The Balaban J connectivity index is 1.62. The van der Waals surface area contributed by atoms with Crippen molar-refractivity contribution in [3.63, 3.8) is 0 Å². The highest BCUT2D eigenvalue weighted by molar-refractivity contribution is 7.90. The Kier molecular flexibility index (Phi) is 5.59. The lowest BCUT2D eigenvalue weighted by Crippen LogP contribution is -2.26. The summed E-state index contributed by atoms with van der Waals surface area (Å²) in [7, 11) is -3.43. The molecule has 0 saturated carbocycles. The number of rotatable bonds is 5. The monoisotopic (exact) mass is 429 g/mol. The fourth-order valence-corrected chi connectivity index (χ4v) is 4.69. The van der Waals surface area contributed by atoms with Crippen LogP contribution in [0.2, 0.25) is 0 Å². The standard InChI is InChI=1S/C23H27NO5S/c1-15(2)29-22-7-6-20(30(3,26)27)11-21(22)23(25)24-12-17-5-4-16(10-19(17)13-24)18-8-9-28-14-18/h4-7,10-11,15,18H,8-9,12-14H2,1-3H3. The number of ether oxygens (including phenoxy) is 2. The van der Waals surface area contributed by atoms with Crippen molar-refractivity contribution in [3.8, 4) is 5.75 Å². The molecule has 0 aromatic heterocycles. The third kappa shape index (κ3) is 4.23. The lowest BCUT2D eigenvalue weighted by Gasteiger charge is -2.20. The van der Waals surface area contributed by atoms with E-state index in [1.165, 1.54) is 17.7 Å². The quantitative estimate of drug-likeness (QED) is 0.727. The van der Waals surface area contributed by atoms with Gasteiger partial charge in [-0.05, 0) is 55.2 Å². The second kappa shape index (κ2) is 8.04. The molecule has 2 aliphatic heterocycles.